The first kappa shape index (κ1) is 21.9. The number of nitrogens with one attached hydrogen (secondary N) is 2. The minimum absolute atomic E-state index is 0.0929. The number of rotatable bonds is 8. The Balaban J connectivity index is 2.10. The highest BCUT2D eigenvalue weighted by molar-refractivity contribution is 5.95. The molecule has 0 bridgehead atoms. The van der Waals surface area contributed by atoms with E-state index in [0.29, 0.717) is 12.0 Å². The zero-order valence-electron chi connectivity index (χ0n) is 16.4. The van der Waals surface area contributed by atoms with Gasteiger partial charge in [-0.2, -0.15) is 0 Å². The molecule has 1 aliphatic heterocycles. The Morgan fingerprint density at radius 1 is 1.24 bits per heavy atom. The van der Waals surface area contributed by atoms with Crippen LogP contribution in [0.2, 0.25) is 0 Å². The van der Waals surface area contributed by atoms with Gasteiger partial charge in [-0.25, -0.2) is 18.8 Å². The summed E-state index contributed by atoms with van der Waals surface area (Å²) in [5.74, 6) is -1.79. The molecule has 8 nitrogen and oxygen atoms in total. The molecule has 2 N–H and O–H groups in total. The molecule has 0 unspecified atom stereocenters. The van der Waals surface area contributed by atoms with Crippen molar-refractivity contribution in [2.24, 2.45) is 0 Å². The van der Waals surface area contributed by atoms with Gasteiger partial charge in [-0.1, -0.05) is 13.0 Å². The van der Waals surface area contributed by atoms with Gasteiger partial charge in [0.15, 0.2) is 11.6 Å². The molecule has 1 heterocycles. The summed E-state index contributed by atoms with van der Waals surface area (Å²) in [6.45, 7) is 3.32. The average Bonchev–Trinajstić information content (AvgIpc) is 2.70. The highest BCUT2D eigenvalue weighted by atomic mass is 19.1. The van der Waals surface area contributed by atoms with Gasteiger partial charge in [0.25, 0.3) is 0 Å². The van der Waals surface area contributed by atoms with Gasteiger partial charge >= 0.3 is 18.0 Å². The molecule has 0 fully saturated rings. The van der Waals surface area contributed by atoms with Crippen LogP contribution in [0.4, 0.5) is 9.18 Å². The van der Waals surface area contributed by atoms with Crippen molar-refractivity contribution in [2.45, 2.75) is 26.3 Å². The molecule has 1 atom stereocenters. The molecule has 1 aliphatic rings. The molecular weight excluding hydrogens is 383 g/mol. The second-order valence-corrected chi connectivity index (χ2v) is 6.01. The fourth-order valence-electron chi connectivity index (χ4n) is 2.72. The highest BCUT2D eigenvalue weighted by Gasteiger charge is 2.31. The third kappa shape index (κ3) is 5.81. The summed E-state index contributed by atoms with van der Waals surface area (Å²) in [7, 11) is 1.35. The first-order valence-electron chi connectivity index (χ1n) is 9.05. The maximum absolute atomic E-state index is 13.7. The molecule has 0 saturated heterocycles. The summed E-state index contributed by atoms with van der Waals surface area (Å²) in [5.41, 5.74) is 0.812. The second-order valence-electron chi connectivity index (χ2n) is 6.01. The zero-order chi connectivity index (χ0) is 21.4. The van der Waals surface area contributed by atoms with Crippen molar-refractivity contribution in [1.29, 1.82) is 0 Å². The number of carbonyl (C=O) groups is 3. The molecule has 29 heavy (non-hydrogen) atoms. The van der Waals surface area contributed by atoms with E-state index in [2.05, 4.69) is 10.6 Å². The summed E-state index contributed by atoms with van der Waals surface area (Å²) in [6, 6.07) is 3.18. The van der Waals surface area contributed by atoms with Crippen LogP contribution < -0.4 is 15.4 Å². The summed E-state index contributed by atoms with van der Waals surface area (Å²) in [5, 5.41) is 5.11. The van der Waals surface area contributed by atoms with Crippen LogP contribution in [-0.4, -0.2) is 44.3 Å². The quantitative estimate of drug-likeness (QED) is 0.507. The average molecular weight is 406 g/mol. The van der Waals surface area contributed by atoms with E-state index >= 15 is 0 Å². The van der Waals surface area contributed by atoms with Gasteiger partial charge in [0.2, 0.25) is 0 Å². The lowest BCUT2D eigenvalue weighted by molar-refractivity contribution is -0.140. The lowest BCUT2D eigenvalue weighted by Gasteiger charge is -2.28. The Morgan fingerprint density at radius 2 is 2.00 bits per heavy atom. The smallest absolute Gasteiger partial charge is 0.338 e. The number of halogens is 1. The van der Waals surface area contributed by atoms with Gasteiger partial charge in [0.05, 0.1) is 31.0 Å². The van der Waals surface area contributed by atoms with Crippen LogP contribution in [0.25, 0.3) is 6.08 Å². The molecule has 0 radical (unpaired) electrons. The number of benzene rings is 1. The topological polar surface area (TPSA) is 103 Å². The molecule has 9 heteroatoms. The Morgan fingerprint density at radius 3 is 2.62 bits per heavy atom. The lowest BCUT2D eigenvalue weighted by Crippen LogP contribution is -2.51. The number of hydrogen-bond donors (Lipinski definition) is 2. The summed E-state index contributed by atoms with van der Waals surface area (Å²) in [4.78, 5) is 36.1. The number of methoxy groups -OCH3 is 1. The molecule has 1 aromatic rings. The van der Waals surface area contributed by atoms with Crippen LogP contribution in [0, 0.1) is 5.82 Å². The summed E-state index contributed by atoms with van der Waals surface area (Å²) >= 11 is 0. The van der Waals surface area contributed by atoms with E-state index < -0.39 is 29.8 Å². The predicted octanol–water partition coefficient (Wildman–Crippen LogP) is 2.30. The minimum atomic E-state index is -0.724. The second kappa shape index (κ2) is 10.3. The van der Waals surface area contributed by atoms with Gasteiger partial charge in [-0.3, -0.25) is 0 Å². The Kier molecular flexibility index (Phi) is 7.76. The largest absolute Gasteiger partial charge is 0.494 e. The Labute approximate surface area is 167 Å². The van der Waals surface area contributed by atoms with E-state index in [-0.39, 0.29) is 30.2 Å². The molecule has 2 amide bonds. The minimum Gasteiger partial charge on any atom is -0.494 e. The van der Waals surface area contributed by atoms with Crippen LogP contribution in [0.3, 0.4) is 0 Å². The van der Waals surface area contributed by atoms with E-state index in [9.17, 15) is 18.8 Å². The molecule has 2 rings (SSSR count). The van der Waals surface area contributed by atoms with Gasteiger partial charge in [-0.15, -0.1) is 0 Å². The van der Waals surface area contributed by atoms with Crippen molar-refractivity contribution in [1.82, 2.24) is 10.6 Å². The molecular formula is C20H23FN2O6. The normalized spacial score (nSPS) is 16.3. The number of urea groups is 1. The Hall–Kier alpha value is -3.36. The van der Waals surface area contributed by atoms with Crippen molar-refractivity contribution in [3.8, 4) is 5.75 Å². The number of ether oxygens (including phenoxy) is 3. The fourth-order valence-corrected chi connectivity index (χ4v) is 2.72. The van der Waals surface area contributed by atoms with Crippen LogP contribution in [0.5, 0.6) is 5.75 Å². The number of hydrogen-bond acceptors (Lipinski definition) is 6. The molecule has 0 spiro atoms. The van der Waals surface area contributed by atoms with Gasteiger partial charge in [0.1, 0.15) is 6.61 Å². The van der Waals surface area contributed by atoms with E-state index in [1.54, 1.807) is 19.9 Å². The van der Waals surface area contributed by atoms with Gasteiger partial charge < -0.3 is 24.8 Å². The molecule has 0 aromatic heterocycles. The SMILES string of the molecule is CCOC(=O)C1=C(COC(=O)/C=C/c2ccc(OC)c(F)c2)NC(=O)N[C@@H]1CC. The van der Waals surface area contributed by atoms with Crippen LogP contribution in [-0.2, 0) is 19.1 Å². The van der Waals surface area contributed by atoms with Crippen molar-refractivity contribution in [3.05, 3.63) is 46.9 Å². The van der Waals surface area contributed by atoms with E-state index in [0.717, 1.165) is 6.08 Å². The van der Waals surface area contributed by atoms with Crippen molar-refractivity contribution in [3.63, 3.8) is 0 Å². The highest BCUT2D eigenvalue weighted by Crippen LogP contribution is 2.19. The van der Waals surface area contributed by atoms with Crippen LogP contribution in [0.1, 0.15) is 25.8 Å². The van der Waals surface area contributed by atoms with Crippen molar-refractivity contribution >= 4 is 24.0 Å². The maximum Gasteiger partial charge on any atom is 0.338 e. The van der Waals surface area contributed by atoms with E-state index in [1.807, 2.05) is 0 Å². The van der Waals surface area contributed by atoms with Gasteiger partial charge in [0, 0.05) is 6.08 Å². The molecule has 1 aromatic carbocycles. The number of esters is 2. The van der Waals surface area contributed by atoms with E-state index in [4.69, 9.17) is 14.2 Å². The van der Waals surface area contributed by atoms with Crippen LogP contribution in [0.15, 0.2) is 35.5 Å². The third-order valence-corrected chi connectivity index (χ3v) is 4.09. The van der Waals surface area contributed by atoms with Crippen molar-refractivity contribution < 1.29 is 33.0 Å². The molecule has 0 aliphatic carbocycles. The predicted molar refractivity (Wildman–Crippen MR) is 102 cm³/mol. The molecule has 0 saturated carbocycles. The van der Waals surface area contributed by atoms with E-state index in [1.165, 1.54) is 25.3 Å². The lowest BCUT2D eigenvalue weighted by atomic mass is 10.0. The maximum atomic E-state index is 13.7. The summed E-state index contributed by atoms with van der Waals surface area (Å²) < 4.78 is 28.7. The third-order valence-electron chi connectivity index (χ3n) is 4.09. The molecule has 156 valence electrons. The first-order valence-corrected chi connectivity index (χ1v) is 9.05. The standard InChI is InChI=1S/C20H23FN2O6/c1-4-14-18(19(25)28-5-2)15(23-20(26)22-14)11-29-17(24)9-7-12-6-8-16(27-3)13(21)10-12/h6-10,14H,4-5,11H2,1-3H3,(H2,22,23,26)/b9-7+/t14-/m1/s1. The Bertz CT molecular complexity index is 849. The monoisotopic (exact) mass is 406 g/mol. The zero-order valence-corrected chi connectivity index (χ0v) is 16.4. The first-order chi connectivity index (χ1) is 13.9. The fraction of sp³-hybridized carbons (Fsp3) is 0.350. The number of amides is 2. The summed E-state index contributed by atoms with van der Waals surface area (Å²) in [6.07, 6.45) is 2.95. The van der Waals surface area contributed by atoms with Gasteiger partial charge in [-0.05, 0) is 37.1 Å². The number of carbonyl (C=O) groups excluding carboxylic acids is 3. The van der Waals surface area contributed by atoms with Crippen LogP contribution >= 0.6 is 0 Å². The van der Waals surface area contributed by atoms with Crippen molar-refractivity contribution in [2.75, 3.05) is 20.3 Å².